The van der Waals surface area contributed by atoms with E-state index in [0.29, 0.717) is 13.0 Å². The molecule has 1 aromatic heterocycles. The Morgan fingerprint density at radius 1 is 1.47 bits per heavy atom. The Labute approximate surface area is 108 Å². The van der Waals surface area contributed by atoms with Gasteiger partial charge in [-0.2, -0.15) is 4.39 Å². The van der Waals surface area contributed by atoms with Gasteiger partial charge in [0.2, 0.25) is 5.82 Å². The number of rotatable bonds is 5. The summed E-state index contributed by atoms with van der Waals surface area (Å²) in [4.78, 5) is 14.0. The van der Waals surface area contributed by atoms with E-state index in [4.69, 9.17) is 5.73 Å². The number of benzene rings is 1. The van der Waals surface area contributed by atoms with Crippen LogP contribution in [0.3, 0.4) is 0 Å². The molecule has 7 heteroatoms. The summed E-state index contributed by atoms with van der Waals surface area (Å²) in [6, 6.07) is 4.13. The molecule has 100 valence electrons. The van der Waals surface area contributed by atoms with Crippen molar-refractivity contribution < 1.29 is 9.31 Å². The van der Waals surface area contributed by atoms with Crippen molar-refractivity contribution >= 4 is 5.69 Å². The fraction of sp³-hybridized carbons (Fsp3) is 0.250. The molecule has 0 saturated carbocycles. The van der Waals surface area contributed by atoms with Crippen molar-refractivity contribution in [2.24, 2.45) is 5.73 Å². The maximum atomic E-state index is 13.9. The molecule has 0 bridgehead atoms. The summed E-state index contributed by atoms with van der Waals surface area (Å²) in [6.45, 7) is 0.688. The zero-order valence-corrected chi connectivity index (χ0v) is 10.1. The summed E-state index contributed by atoms with van der Waals surface area (Å²) < 4.78 is 15.5. The van der Waals surface area contributed by atoms with E-state index >= 15 is 0 Å². The van der Waals surface area contributed by atoms with Gasteiger partial charge in [0.25, 0.3) is 0 Å². The molecular weight excluding hydrogens is 251 g/mol. The fourth-order valence-electron chi connectivity index (χ4n) is 1.80. The highest BCUT2D eigenvalue weighted by atomic mass is 19.1. The number of halogens is 1. The van der Waals surface area contributed by atoms with Gasteiger partial charge in [-0.3, -0.25) is 10.1 Å². The zero-order valence-electron chi connectivity index (χ0n) is 10.1. The first-order chi connectivity index (χ1) is 9.11. The Hall–Kier alpha value is -2.28. The molecule has 0 aliphatic heterocycles. The molecule has 19 heavy (non-hydrogen) atoms. The molecule has 2 aromatic rings. The molecule has 0 radical (unpaired) electrons. The van der Waals surface area contributed by atoms with Gasteiger partial charge < -0.3 is 10.3 Å². The Balaban J connectivity index is 2.23. The molecule has 0 atom stereocenters. The first-order valence-electron chi connectivity index (χ1n) is 5.74. The van der Waals surface area contributed by atoms with Crippen LogP contribution in [0.15, 0.2) is 30.7 Å². The Morgan fingerprint density at radius 2 is 2.26 bits per heavy atom. The minimum absolute atomic E-state index is 0.199. The molecule has 2 rings (SSSR count). The lowest BCUT2D eigenvalue weighted by Gasteiger charge is -2.04. The van der Waals surface area contributed by atoms with Gasteiger partial charge in [-0.1, -0.05) is 12.1 Å². The third kappa shape index (κ3) is 2.94. The van der Waals surface area contributed by atoms with Gasteiger partial charge in [0.1, 0.15) is 0 Å². The van der Waals surface area contributed by atoms with Crippen LogP contribution in [-0.2, 0) is 13.0 Å². The molecule has 0 aliphatic rings. The van der Waals surface area contributed by atoms with Crippen molar-refractivity contribution in [2.45, 2.75) is 13.0 Å². The minimum atomic E-state index is -0.804. The van der Waals surface area contributed by atoms with E-state index in [2.05, 4.69) is 4.98 Å². The van der Waals surface area contributed by atoms with Crippen molar-refractivity contribution in [2.75, 3.05) is 6.54 Å². The lowest BCUT2D eigenvalue weighted by Crippen LogP contribution is -2.04. The molecule has 0 spiro atoms. The number of hydrogen-bond donors (Lipinski definition) is 1. The van der Waals surface area contributed by atoms with Crippen LogP contribution in [0.4, 0.5) is 10.1 Å². The van der Waals surface area contributed by atoms with Crippen LogP contribution < -0.4 is 5.73 Å². The normalized spacial score (nSPS) is 10.6. The van der Waals surface area contributed by atoms with Crippen LogP contribution >= 0.6 is 0 Å². The Bertz CT molecular complexity index is 597. The van der Waals surface area contributed by atoms with Gasteiger partial charge in [0.05, 0.1) is 23.5 Å². The van der Waals surface area contributed by atoms with Crippen molar-refractivity contribution in [3.05, 3.63) is 57.9 Å². The number of aromatic nitrogens is 2. The van der Waals surface area contributed by atoms with Gasteiger partial charge in [-0.15, -0.1) is 0 Å². The lowest BCUT2D eigenvalue weighted by molar-refractivity contribution is -0.387. The molecule has 0 amide bonds. The van der Waals surface area contributed by atoms with Gasteiger partial charge >= 0.3 is 5.69 Å². The first-order valence-corrected chi connectivity index (χ1v) is 5.74. The summed E-state index contributed by atoms with van der Waals surface area (Å²) in [6.07, 6.45) is 3.96. The van der Waals surface area contributed by atoms with Gasteiger partial charge in [0.15, 0.2) is 0 Å². The van der Waals surface area contributed by atoms with Gasteiger partial charge in [-0.25, -0.2) is 4.98 Å². The number of nitrogens with zero attached hydrogens (tertiary/aromatic N) is 3. The predicted molar refractivity (Wildman–Crippen MR) is 67.1 cm³/mol. The summed E-state index contributed by atoms with van der Waals surface area (Å²) >= 11 is 0. The molecule has 0 fully saturated rings. The second kappa shape index (κ2) is 5.57. The summed E-state index contributed by atoms with van der Waals surface area (Å²) in [5, 5.41) is 10.6. The van der Waals surface area contributed by atoms with Crippen LogP contribution in [0.25, 0.3) is 0 Å². The van der Waals surface area contributed by atoms with E-state index in [1.54, 1.807) is 17.1 Å². The summed E-state index contributed by atoms with van der Waals surface area (Å²) in [7, 11) is 0. The van der Waals surface area contributed by atoms with Gasteiger partial charge in [0, 0.05) is 24.2 Å². The number of nitro groups is 1. The zero-order chi connectivity index (χ0) is 13.8. The fourth-order valence-corrected chi connectivity index (χ4v) is 1.80. The summed E-state index contributed by atoms with van der Waals surface area (Å²) in [5.74, 6) is -0.804. The topological polar surface area (TPSA) is 87.0 Å². The maximum Gasteiger partial charge on any atom is 0.305 e. The molecule has 0 aliphatic carbocycles. The number of hydrogen-bond acceptors (Lipinski definition) is 4. The number of nitro benzene ring substituents is 1. The minimum Gasteiger partial charge on any atom is -0.333 e. The van der Waals surface area contributed by atoms with E-state index in [1.165, 1.54) is 12.1 Å². The predicted octanol–water partition coefficient (Wildman–Crippen LogP) is 1.48. The average molecular weight is 264 g/mol. The van der Waals surface area contributed by atoms with Gasteiger partial charge in [-0.05, 0) is 6.54 Å². The van der Waals surface area contributed by atoms with Crippen LogP contribution in [0, 0.1) is 15.9 Å². The SMILES string of the molecule is NCCc1cn(Cc2cccc([N+](=O)[O-])c2F)cn1. The highest BCUT2D eigenvalue weighted by Crippen LogP contribution is 2.20. The lowest BCUT2D eigenvalue weighted by atomic mass is 10.2. The third-order valence-corrected chi connectivity index (χ3v) is 2.70. The van der Waals surface area contributed by atoms with E-state index in [-0.39, 0.29) is 12.1 Å². The van der Waals surface area contributed by atoms with Crippen molar-refractivity contribution in [1.82, 2.24) is 9.55 Å². The molecule has 6 nitrogen and oxygen atoms in total. The molecule has 2 N–H and O–H groups in total. The molecule has 1 aromatic carbocycles. The van der Waals surface area contributed by atoms with Crippen molar-refractivity contribution in [3.8, 4) is 0 Å². The molecule has 1 heterocycles. The smallest absolute Gasteiger partial charge is 0.305 e. The van der Waals surface area contributed by atoms with Crippen LogP contribution in [0.5, 0.6) is 0 Å². The maximum absolute atomic E-state index is 13.9. The average Bonchev–Trinajstić information content (AvgIpc) is 2.79. The number of imidazole rings is 1. The molecular formula is C12H13FN4O2. The molecule has 0 saturated heterocycles. The van der Waals surface area contributed by atoms with Crippen molar-refractivity contribution in [3.63, 3.8) is 0 Å². The highest BCUT2D eigenvalue weighted by Gasteiger charge is 2.17. The quantitative estimate of drug-likeness (QED) is 0.654. The van der Waals surface area contributed by atoms with E-state index in [9.17, 15) is 14.5 Å². The standard InChI is InChI=1S/C12H13FN4O2/c13-12-9(2-1-3-11(12)17(18)19)6-16-7-10(4-5-14)15-8-16/h1-3,7-8H,4-6,14H2. The third-order valence-electron chi connectivity index (χ3n) is 2.70. The highest BCUT2D eigenvalue weighted by molar-refractivity contribution is 5.36. The van der Waals surface area contributed by atoms with E-state index in [0.717, 1.165) is 11.8 Å². The van der Waals surface area contributed by atoms with Crippen molar-refractivity contribution in [1.29, 1.82) is 0 Å². The van der Waals surface area contributed by atoms with Crippen LogP contribution in [0.2, 0.25) is 0 Å². The first kappa shape index (κ1) is 13.2. The second-order valence-corrected chi connectivity index (χ2v) is 4.08. The Morgan fingerprint density at radius 3 is 2.95 bits per heavy atom. The number of nitrogens with two attached hydrogens (primary N) is 1. The van der Waals surface area contributed by atoms with Crippen LogP contribution in [0.1, 0.15) is 11.3 Å². The monoisotopic (exact) mass is 264 g/mol. The second-order valence-electron chi connectivity index (χ2n) is 4.08. The van der Waals surface area contributed by atoms with E-state index < -0.39 is 16.4 Å². The molecule has 0 unspecified atom stereocenters. The Kier molecular flexibility index (Phi) is 3.86. The van der Waals surface area contributed by atoms with Crippen LogP contribution in [-0.4, -0.2) is 21.0 Å². The summed E-state index contributed by atoms with van der Waals surface area (Å²) in [5.41, 5.74) is 5.97. The largest absolute Gasteiger partial charge is 0.333 e. The van der Waals surface area contributed by atoms with E-state index in [1.807, 2.05) is 0 Å².